The average molecular weight is 407 g/mol. The molecule has 3 rings (SSSR count). The molecule has 1 N–H and O–H groups in total. The third-order valence-electron chi connectivity index (χ3n) is 6.32. The number of carbonyl (C=O) groups is 1. The molecule has 0 bridgehead atoms. The summed E-state index contributed by atoms with van der Waals surface area (Å²) < 4.78 is 26.8. The zero-order valence-electron chi connectivity index (χ0n) is 17.4. The second-order valence-corrected chi connectivity index (χ2v) is 10.9. The van der Waals surface area contributed by atoms with Crippen LogP contribution in [0.4, 0.5) is 0 Å². The molecule has 1 atom stereocenters. The SMILES string of the molecule is CCCCS(=O)(=O)N1CCC2(CC1)C[C@H](CC(=O)NC(C)C)c1ccccc12. The third kappa shape index (κ3) is 4.43. The van der Waals surface area contributed by atoms with E-state index in [9.17, 15) is 13.2 Å². The highest BCUT2D eigenvalue weighted by atomic mass is 32.2. The van der Waals surface area contributed by atoms with E-state index < -0.39 is 10.0 Å². The number of nitrogens with zero attached hydrogens (tertiary/aromatic N) is 1. The standard InChI is InChI=1S/C22H34N2O3S/c1-4-5-14-28(26,27)24-12-10-22(11-13-24)16-18(15-21(25)23-17(2)3)19-8-6-7-9-20(19)22/h6-9,17-18H,4-5,10-16H2,1-3H3,(H,23,25)/t18-/m0/s1. The predicted octanol–water partition coefficient (Wildman–Crippen LogP) is 3.55. The molecule has 1 amide bonds. The van der Waals surface area contributed by atoms with Crippen molar-refractivity contribution >= 4 is 15.9 Å². The van der Waals surface area contributed by atoms with E-state index >= 15 is 0 Å². The van der Waals surface area contributed by atoms with Crippen molar-refractivity contribution in [1.82, 2.24) is 9.62 Å². The number of hydrogen-bond donors (Lipinski definition) is 1. The molecule has 0 aromatic heterocycles. The van der Waals surface area contributed by atoms with Crippen LogP contribution in [0.25, 0.3) is 0 Å². The highest BCUT2D eigenvalue weighted by Crippen LogP contribution is 2.52. The van der Waals surface area contributed by atoms with Crippen LogP contribution in [-0.4, -0.2) is 43.5 Å². The summed E-state index contributed by atoms with van der Waals surface area (Å²) in [4.78, 5) is 12.4. The molecule has 5 nitrogen and oxygen atoms in total. The number of rotatable bonds is 7. The van der Waals surface area contributed by atoms with Gasteiger partial charge in [0.1, 0.15) is 0 Å². The summed E-state index contributed by atoms with van der Waals surface area (Å²) in [6.45, 7) is 7.16. The number of hydrogen-bond acceptors (Lipinski definition) is 3. The quantitative estimate of drug-likeness (QED) is 0.753. The van der Waals surface area contributed by atoms with Crippen LogP contribution in [0, 0.1) is 0 Å². The van der Waals surface area contributed by atoms with Gasteiger partial charge in [0.05, 0.1) is 5.75 Å². The Morgan fingerprint density at radius 3 is 2.57 bits per heavy atom. The summed E-state index contributed by atoms with van der Waals surface area (Å²) in [6.07, 6.45) is 4.76. The summed E-state index contributed by atoms with van der Waals surface area (Å²) in [5, 5.41) is 3.01. The maximum absolute atomic E-state index is 12.6. The van der Waals surface area contributed by atoms with Gasteiger partial charge in [-0.2, -0.15) is 0 Å². The van der Waals surface area contributed by atoms with Crippen LogP contribution < -0.4 is 5.32 Å². The fourth-order valence-electron chi connectivity index (χ4n) is 4.94. The van der Waals surface area contributed by atoms with Gasteiger partial charge in [0.2, 0.25) is 15.9 Å². The van der Waals surface area contributed by atoms with Crippen LogP contribution in [0.1, 0.15) is 76.3 Å². The number of carbonyl (C=O) groups excluding carboxylic acids is 1. The van der Waals surface area contributed by atoms with E-state index in [1.54, 1.807) is 4.31 Å². The molecule has 1 aromatic rings. The third-order valence-corrected chi connectivity index (χ3v) is 8.28. The van der Waals surface area contributed by atoms with Crippen molar-refractivity contribution in [3.8, 4) is 0 Å². The zero-order valence-corrected chi connectivity index (χ0v) is 18.2. The van der Waals surface area contributed by atoms with Crippen molar-refractivity contribution in [2.75, 3.05) is 18.8 Å². The number of piperidine rings is 1. The van der Waals surface area contributed by atoms with Gasteiger partial charge in [0.15, 0.2) is 0 Å². The van der Waals surface area contributed by atoms with Crippen LogP contribution in [-0.2, 0) is 20.2 Å². The van der Waals surface area contributed by atoms with Gasteiger partial charge in [-0.1, -0.05) is 37.6 Å². The Bertz CT molecular complexity index is 796. The van der Waals surface area contributed by atoms with E-state index in [1.165, 1.54) is 11.1 Å². The first-order valence-electron chi connectivity index (χ1n) is 10.6. The van der Waals surface area contributed by atoms with E-state index in [2.05, 4.69) is 29.6 Å². The molecule has 0 saturated carbocycles. The number of benzene rings is 1. The van der Waals surface area contributed by atoms with Crippen molar-refractivity contribution in [2.45, 2.75) is 76.7 Å². The first kappa shape index (κ1) is 21.3. The summed E-state index contributed by atoms with van der Waals surface area (Å²) in [6, 6.07) is 8.62. The van der Waals surface area contributed by atoms with Gasteiger partial charge in [0.25, 0.3) is 0 Å². The van der Waals surface area contributed by atoms with Crippen molar-refractivity contribution < 1.29 is 13.2 Å². The van der Waals surface area contributed by atoms with Crippen LogP contribution in [0.2, 0.25) is 0 Å². The molecule has 1 spiro atoms. The van der Waals surface area contributed by atoms with Gasteiger partial charge >= 0.3 is 0 Å². The number of amides is 1. The van der Waals surface area contributed by atoms with Crippen molar-refractivity contribution in [1.29, 1.82) is 0 Å². The first-order valence-corrected chi connectivity index (χ1v) is 12.2. The molecule has 1 aliphatic heterocycles. The Balaban J connectivity index is 1.74. The topological polar surface area (TPSA) is 66.5 Å². The molecule has 28 heavy (non-hydrogen) atoms. The van der Waals surface area contributed by atoms with E-state index in [1.807, 2.05) is 20.8 Å². The Hall–Kier alpha value is -1.40. The molecule has 0 radical (unpaired) electrons. The maximum atomic E-state index is 12.6. The lowest BCUT2D eigenvalue weighted by atomic mass is 9.73. The predicted molar refractivity (Wildman–Crippen MR) is 113 cm³/mol. The summed E-state index contributed by atoms with van der Waals surface area (Å²) >= 11 is 0. The van der Waals surface area contributed by atoms with Crippen LogP contribution in [0.15, 0.2) is 24.3 Å². The second-order valence-electron chi connectivity index (χ2n) is 8.76. The van der Waals surface area contributed by atoms with Crippen molar-refractivity contribution in [2.24, 2.45) is 0 Å². The average Bonchev–Trinajstić information content (AvgIpc) is 2.93. The van der Waals surface area contributed by atoms with E-state index in [0.717, 1.165) is 32.1 Å². The van der Waals surface area contributed by atoms with Crippen LogP contribution >= 0.6 is 0 Å². The molecule has 0 unspecified atom stereocenters. The maximum Gasteiger partial charge on any atom is 0.220 e. The monoisotopic (exact) mass is 406 g/mol. The molecular weight excluding hydrogens is 372 g/mol. The lowest BCUT2D eigenvalue weighted by Crippen LogP contribution is -2.45. The van der Waals surface area contributed by atoms with Crippen LogP contribution in [0.5, 0.6) is 0 Å². The molecule has 1 aliphatic carbocycles. The van der Waals surface area contributed by atoms with Gasteiger partial charge in [0, 0.05) is 25.6 Å². The Labute approximate surface area is 169 Å². The highest BCUT2D eigenvalue weighted by molar-refractivity contribution is 7.89. The van der Waals surface area contributed by atoms with Gasteiger partial charge in [-0.15, -0.1) is 0 Å². The smallest absolute Gasteiger partial charge is 0.220 e. The van der Waals surface area contributed by atoms with Gasteiger partial charge in [-0.25, -0.2) is 12.7 Å². The minimum absolute atomic E-state index is 0.0101. The van der Waals surface area contributed by atoms with E-state index in [4.69, 9.17) is 0 Å². The minimum Gasteiger partial charge on any atom is -0.354 e. The fourth-order valence-corrected chi connectivity index (χ4v) is 6.59. The Morgan fingerprint density at radius 1 is 1.25 bits per heavy atom. The number of sulfonamides is 1. The van der Waals surface area contributed by atoms with Crippen LogP contribution in [0.3, 0.4) is 0 Å². The highest BCUT2D eigenvalue weighted by Gasteiger charge is 2.46. The van der Waals surface area contributed by atoms with Crippen molar-refractivity contribution in [3.05, 3.63) is 35.4 Å². The summed E-state index contributed by atoms with van der Waals surface area (Å²) in [5.41, 5.74) is 2.63. The summed E-state index contributed by atoms with van der Waals surface area (Å²) in [5.74, 6) is 0.579. The number of nitrogens with one attached hydrogen (secondary N) is 1. The normalized spacial score (nSPS) is 21.8. The van der Waals surface area contributed by atoms with Gasteiger partial charge < -0.3 is 5.32 Å². The Morgan fingerprint density at radius 2 is 1.93 bits per heavy atom. The minimum atomic E-state index is -3.15. The molecular formula is C22H34N2O3S. The summed E-state index contributed by atoms with van der Waals surface area (Å²) in [7, 11) is -3.15. The lowest BCUT2D eigenvalue weighted by Gasteiger charge is -2.39. The number of fused-ring (bicyclic) bond motifs is 2. The number of unbranched alkanes of at least 4 members (excludes halogenated alkanes) is 1. The molecule has 1 aromatic carbocycles. The Kier molecular flexibility index (Phi) is 6.50. The zero-order chi connectivity index (χ0) is 20.4. The molecule has 156 valence electrons. The largest absolute Gasteiger partial charge is 0.354 e. The first-order chi connectivity index (χ1) is 13.3. The van der Waals surface area contributed by atoms with E-state index in [-0.39, 0.29) is 29.0 Å². The lowest BCUT2D eigenvalue weighted by molar-refractivity contribution is -0.122. The molecule has 1 fully saturated rings. The van der Waals surface area contributed by atoms with Gasteiger partial charge in [-0.3, -0.25) is 4.79 Å². The van der Waals surface area contributed by atoms with Crippen molar-refractivity contribution in [3.63, 3.8) is 0 Å². The second kappa shape index (κ2) is 8.54. The molecule has 2 aliphatic rings. The fraction of sp³-hybridized carbons (Fsp3) is 0.682. The van der Waals surface area contributed by atoms with E-state index in [0.29, 0.717) is 19.5 Å². The molecule has 1 saturated heterocycles. The van der Waals surface area contributed by atoms with Gasteiger partial charge in [-0.05, 0) is 62.0 Å². The molecule has 6 heteroatoms. The molecule has 1 heterocycles.